The van der Waals surface area contributed by atoms with Gasteiger partial charge in [-0.05, 0) is 23.6 Å². The van der Waals surface area contributed by atoms with E-state index in [0.29, 0.717) is 11.7 Å². The number of hydrogen-bond donors (Lipinski definition) is 2. The molecule has 0 aliphatic carbocycles. The van der Waals surface area contributed by atoms with Crippen molar-refractivity contribution in [3.63, 3.8) is 0 Å². The number of aliphatic imine (C=N–C) groups is 1. The minimum Gasteiger partial charge on any atom is -0.506 e. The summed E-state index contributed by atoms with van der Waals surface area (Å²) in [4.78, 5) is 10.4. The van der Waals surface area contributed by atoms with Gasteiger partial charge >= 0.3 is 0 Å². The quantitative estimate of drug-likeness (QED) is 0.394. The molecule has 0 bridgehead atoms. The topological polar surface area (TPSA) is 51.1 Å². The number of phenolic OH excluding ortho intramolecular Hbond substituents is 1. The second-order valence-electron chi connectivity index (χ2n) is 6.31. The van der Waals surface area contributed by atoms with E-state index in [1.54, 1.807) is 17.4 Å². The van der Waals surface area contributed by atoms with Crippen LogP contribution in [0.4, 0.5) is 5.69 Å². The normalized spacial score (nSPS) is 16.2. The van der Waals surface area contributed by atoms with Gasteiger partial charge in [-0.15, -0.1) is 35.3 Å². The molecule has 0 radical (unpaired) electrons. The molecule has 7 heteroatoms. The van der Waals surface area contributed by atoms with Gasteiger partial charge in [-0.2, -0.15) is 0 Å². The van der Waals surface area contributed by atoms with Crippen molar-refractivity contribution in [2.45, 2.75) is 12.8 Å². The Kier molecular flexibility index (Phi) is 8.02. The van der Waals surface area contributed by atoms with E-state index in [9.17, 15) is 5.11 Å². The molecule has 5 nitrogen and oxygen atoms in total. The van der Waals surface area contributed by atoms with Crippen LogP contribution in [-0.4, -0.2) is 55.7 Å². The van der Waals surface area contributed by atoms with E-state index in [2.05, 4.69) is 44.5 Å². The lowest BCUT2D eigenvalue weighted by Crippen LogP contribution is -2.53. The third kappa shape index (κ3) is 5.03. The fourth-order valence-corrected chi connectivity index (χ4v) is 3.93. The zero-order valence-corrected chi connectivity index (χ0v) is 18.4. The van der Waals surface area contributed by atoms with Crippen LogP contribution in [0.2, 0.25) is 0 Å². The number of benzene rings is 1. The van der Waals surface area contributed by atoms with Crippen LogP contribution in [0, 0.1) is 0 Å². The first kappa shape index (κ1) is 20.8. The number of thiophene rings is 1. The predicted octanol–water partition coefficient (Wildman–Crippen LogP) is 3.57. The van der Waals surface area contributed by atoms with Crippen LogP contribution in [0.25, 0.3) is 0 Å². The Bertz CT molecular complexity index is 699. The summed E-state index contributed by atoms with van der Waals surface area (Å²) in [6.45, 7) is 6.65. The molecular formula is C19H27IN4OS. The number of anilines is 1. The Hall–Kier alpha value is -1.48. The van der Waals surface area contributed by atoms with Crippen molar-refractivity contribution in [1.29, 1.82) is 0 Å². The lowest BCUT2D eigenvalue weighted by Gasteiger charge is -2.38. The van der Waals surface area contributed by atoms with Crippen LogP contribution in [0.15, 0.2) is 46.8 Å². The number of nitrogens with zero attached hydrogens (tertiary/aromatic N) is 3. The highest BCUT2D eigenvalue weighted by Crippen LogP contribution is 2.27. The van der Waals surface area contributed by atoms with Crippen LogP contribution in [0.1, 0.15) is 17.7 Å². The van der Waals surface area contributed by atoms with Crippen molar-refractivity contribution < 1.29 is 5.11 Å². The first-order chi connectivity index (χ1) is 12.2. The number of halogens is 1. The highest BCUT2D eigenvalue weighted by Gasteiger charge is 2.21. The lowest BCUT2D eigenvalue weighted by atomic mass is 10.1. The first-order valence-corrected chi connectivity index (χ1v) is 9.59. The van der Waals surface area contributed by atoms with Crippen LogP contribution in [0.3, 0.4) is 0 Å². The number of guanidine groups is 1. The van der Waals surface area contributed by atoms with Gasteiger partial charge in [0.15, 0.2) is 5.96 Å². The van der Waals surface area contributed by atoms with Crippen LogP contribution >= 0.6 is 35.3 Å². The van der Waals surface area contributed by atoms with Crippen molar-refractivity contribution in [2.24, 2.45) is 4.99 Å². The maximum absolute atomic E-state index is 10.0. The summed E-state index contributed by atoms with van der Waals surface area (Å²) in [5.41, 5.74) is 0.913. The van der Waals surface area contributed by atoms with E-state index in [1.807, 2.05) is 25.2 Å². The van der Waals surface area contributed by atoms with Crippen molar-refractivity contribution in [2.75, 3.05) is 44.7 Å². The number of hydrogen-bond acceptors (Lipinski definition) is 4. The number of phenols is 1. The number of nitrogens with one attached hydrogen (secondary N) is 1. The molecule has 1 fully saturated rings. The van der Waals surface area contributed by atoms with Crippen LogP contribution in [-0.2, 0) is 0 Å². The summed E-state index contributed by atoms with van der Waals surface area (Å²) in [5.74, 6) is 1.78. The van der Waals surface area contributed by atoms with E-state index < -0.39 is 0 Å². The maximum atomic E-state index is 10.0. The number of rotatable bonds is 4. The van der Waals surface area contributed by atoms with Gasteiger partial charge in [0.2, 0.25) is 0 Å². The molecule has 2 heterocycles. The minimum atomic E-state index is 0. The monoisotopic (exact) mass is 486 g/mol. The third-order valence-electron chi connectivity index (χ3n) is 4.61. The molecule has 1 aliphatic rings. The predicted molar refractivity (Wildman–Crippen MR) is 121 cm³/mol. The number of piperazine rings is 1. The van der Waals surface area contributed by atoms with Crippen molar-refractivity contribution in [3.8, 4) is 5.75 Å². The second kappa shape index (κ2) is 10.0. The third-order valence-corrected chi connectivity index (χ3v) is 5.71. The van der Waals surface area contributed by atoms with Gasteiger partial charge in [0, 0.05) is 50.6 Å². The molecule has 0 spiro atoms. The summed E-state index contributed by atoms with van der Waals surface area (Å²) in [6, 6.07) is 11.8. The zero-order chi connectivity index (χ0) is 17.6. The summed E-state index contributed by atoms with van der Waals surface area (Å²) in [6.07, 6.45) is 0. The molecule has 2 N–H and O–H groups in total. The molecule has 1 saturated heterocycles. The van der Waals surface area contributed by atoms with Gasteiger partial charge in [0.25, 0.3) is 0 Å². The Labute approximate surface area is 176 Å². The Morgan fingerprint density at radius 3 is 2.54 bits per heavy atom. The fourth-order valence-electron chi connectivity index (χ4n) is 3.14. The molecule has 1 atom stereocenters. The Balaban J connectivity index is 0.00000243. The van der Waals surface area contributed by atoms with E-state index in [1.165, 1.54) is 4.88 Å². The van der Waals surface area contributed by atoms with E-state index in [-0.39, 0.29) is 24.0 Å². The molecule has 0 amide bonds. The van der Waals surface area contributed by atoms with Gasteiger partial charge in [-0.25, -0.2) is 0 Å². The molecule has 3 rings (SSSR count). The average Bonchev–Trinajstić information content (AvgIpc) is 3.18. The smallest absolute Gasteiger partial charge is 0.193 e. The Morgan fingerprint density at radius 2 is 1.92 bits per heavy atom. The minimum absolute atomic E-state index is 0. The molecule has 1 aromatic carbocycles. The van der Waals surface area contributed by atoms with Crippen molar-refractivity contribution in [3.05, 3.63) is 46.7 Å². The molecular weight excluding hydrogens is 459 g/mol. The highest BCUT2D eigenvalue weighted by atomic mass is 127. The maximum Gasteiger partial charge on any atom is 0.193 e. The van der Waals surface area contributed by atoms with Gasteiger partial charge in [0.1, 0.15) is 5.75 Å². The number of aromatic hydroxyl groups is 1. The standard InChI is InChI=1S/C19H26N4OS.HI/c1-15(18-8-5-13-25-18)14-21-19(20-2)23-11-9-22(10-12-23)16-6-3-4-7-17(16)24;/h3-8,13,15,24H,9-12,14H2,1-2H3,(H,20,21);1H. The van der Waals surface area contributed by atoms with Gasteiger partial charge < -0.3 is 20.2 Å². The molecule has 142 valence electrons. The SMILES string of the molecule is CN=C(NCC(C)c1cccs1)N1CCN(c2ccccc2O)CC1.I. The molecule has 2 aromatic rings. The van der Waals surface area contributed by atoms with Gasteiger partial charge in [0.05, 0.1) is 5.69 Å². The molecule has 1 aromatic heterocycles. The summed E-state index contributed by atoms with van der Waals surface area (Å²) in [5, 5.41) is 15.7. The van der Waals surface area contributed by atoms with Crippen molar-refractivity contribution in [1.82, 2.24) is 10.2 Å². The number of para-hydroxylation sites is 2. The highest BCUT2D eigenvalue weighted by molar-refractivity contribution is 14.0. The first-order valence-electron chi connectivity index (χ1n) is 8.71. The largest absolute Gasteiger partial charge is 0.506 e. The molecule has 0 saturated carbocycles. The molecule has 1 aliphatic heterocycles. The summed E-state index contributed by atoms with van der Waals surface area (Å²) < 4.78 is 0. The molecule has 26 heavy (non-hydrogen) atoms. The summed E-state index contributed by atoms with van der Waals surface area (Å²) >= 11 is 1.80. The van der Waals surface area contributed by atoms with Crippen molar-refractivity contribution >= 4 is 47.0 Å². The van der Waals surface area contributed by atoms with Gasteiger partial charge in [-0.1, -0.05) is 25.1 Å². The zero-order valence-electron chi connectivity index (χ0n) is 15.3. The van der Waals surface area contributed by atoms with E-state index >= 15 is 0 Å². The van der Waals surface area contributed by atoms with Gasteiger partial charge in [-0.3, -0.25) is 4.99 Å². The van der Waals surface area contributed by atoms with Crippen LogP contribution in [0.5, 0.6) is 5.75 Å². The Morgan fingerprint density at radius 1 is 1.19 bits per heavy atom. The van der Waals surface area contributed by atoms with Crippen LogP contribution < -0.4 is 10.2 Å². The second-order valence-corrected chi connectivity index (χ2v) is 7.29. The average molecular weight is 486 g/mol. The van der Waals surface area contributed by atoms with E-state index in [0.717, 1.165) is 44.4 Å². The summed E-state index contributed by atoms with van der Waals surface area (Å²) in [7, 11) is 1.84. The van der Waals surface area contributed by atoms with E-state index in [4.69, 9.17) is 0 Å². The lowest BCUT2D eigenvalue weighted by molar-refractivity contribution is 0.369. The fraction of sp³-hybridized carbons (Fsp3) is 0.421. The molecule has 1 unspecified atom stereocenters.